The number of rotatable bonds is 6. The van der Waals surface area contributed by atoms with Crippen LogP contribution in [0.5, 0.6) is 0 Å². The summed E-state index contributed by atoms with van der Waals surface area (Å²) in [6.07, 6.45) is 7.13. The largest absolute Gasteiger partial charge is 0.399 e. The van der Waals surface area contributed by atoms with Crippen molar-refractivity contribution in [1.29, 1.82) is 0 Å². The molecule has 4 N–H and O–H groups in total. The molecule has 0 spiro atoms. The highest BCUT2D eigenvalue weighted by molar-refractivity contribution is 5.91. The lowest BCUT2D eigenvalue weighted by molar-refractivity contribution is -0.123. The number of nitrogens with zero attached hydrogens (tertiary/aromatic N) is 1. The van der Waals surface area contributed by atoms with E-state index >= 15 is 0 Å². The number of aryl methyl sites for hydroxylation is 1. The molecular formula is C16H20N4O. The van der Waals surface area contributed by atoms with E-state index in [1.54, 1.807) is 6.20 Å². The van der Waals surface area contributed by atoms with E-state index in [0.29, 0.717) is 6.54 Å². The van der Waals surface area contributed by atoms with Crippen LogP contribution in [0.15, 0.2) is 36.7 Å². The number of aromatic amines is 1. The Morgan fingerprint density at radius 2 is 2.10 bits per heavy atom. The van der Waals surface area contributed by atoms with Gasteiger partial charge in [0.15, 0.2) is 0 Å². The molecule has 0 unspecified atom stereocenters. The Morgan fingerprint density at radius 3 is 2.71 bits per heavy atom. The number of hydrogen-bond donors (Lipinski definition) is 3. The first kappa shape index (κ1) is 13.7. The summed E-state index contributed by atoms with van der Waals surface area (Å²) in [5, 5.41) is 3.05. The number of H-pyrrole nitrogens is 1. The molecule has 0 aliphatic heterocycles. The van der Waals surface area contributed by atoms with Crippen molar-refractivity contribution in [2.24, 2.45) is 0 Å². The fourth-order valence-corrected chi connectivity index (χ4v) is 2.64. The van der Waals surface area contributed by atoms with Crippen LogP contribution >= 0.6 is 0 Å². The van der Waals surface area contributed by atoms with Gasteiger partial charge in [0.05, 0.1) is 5.41 Å². The van der Waals surface area contributed by atoms with E-state index in [1.165, 1.54) is 0 Å². The van der Waals surface area contributed by atoms with Gasteiger partial charge in [-0.2, -0.15) is 0 Å². The lowest BCUT2D eigenvalue weighted by Gasteiger charge is -2.16. The summed E-state index contributed by atoms with van der Waals surface area (Å²) in [4.78, 5) is 19.6. The Balaban J connectivity index is 1.52. The van der Waals surface area contributed by atoms with Crippen molar-refractivity contribution in [2.45, 2.75) is 31.1 Å². The maximum absolute atomic E-state index is 12.4. The third-order valence-electron chi connectivity index (χ3n) is 4.08. The van der Waals surface area contributed by atoms with E-state index in [1.807, 2.05) is 30.5 Å². The number of hydrogen-bond acceptors (Lipinski definition) is 3. The van der Waals surface area contributed by atoms with Crippen LogP contribution in [0.1, 0.15) is 30.7 Å². The molecule has 5 nitrogen and oxygen atoms in total. The molecule has 1 aliphatic carbocycles. The zero-order valence-electron chi connectivity index (χ0n) is 11.9. The summed E-state index contributed by atoms with van der Waals surface area (Å²) in [5.74, 6) is 1.09. The van der Waals surface area contributed by atoms with Crippen LogP contribution < -0.4 is 11.1 Å². The number of amides is 1. The van der Waals surface area contributed by atoms with Gasteiger partial charge in [-0.05, 0) is 37.0 Å². The summed E-state index contributed by atoms with van der Waals surface area (Å²) >= 11 is 0. The van der Waals surface area contributed by atoms with E-state index in [9.17, 15) is 4.79 Å². The fourth-order valence-electron chi connectivity index (χ4n) is 2.64. The molecule has 21 heavy (non-hydrogen) atoms. The molecule has 2 aromatic rings. The molecule has 1 aliphatic rings. The molecule has 1 aromatic carbocycles. The number of benzene rings is 1. The van der Waals surface area contributed by atoms with Gasteiger partial charge >= 0.3 is 0 Å². The van der Waals surface area contributed by atoms with Gasteiger partial charge in [-0.25, -0.2) is 4.98 Å². The molecule has 1 heterocycles. The van der Waals surface area contributed by atoms with Crippen molar-refractivity contribution in [2.75, 3.05) is 12.3 Å². The Labute approximate surface area is 124 Å². The number of aromatic nitrogens is 2. The second-order valence-corrected chi connectivity index (χ2v) is 5.60. The van der Waals surface area contributed by atoms with Crippen LogP contribution in [-0.4, -0.2) is 22.4 Å². The van der Waals surface area contributed by atoms with Crippen molar-refractivity contribution in [3.8, 4) is 0 Å². The zero-order chi connectivity index (χ0) is 14.7. The number of nitrogens with one attached hydrogen (secondary N) is 2. The van der Waals surface area contributed by atoms with E-state index in [4.69, 9.17) is 5.73 Å². The molecule has 0 radical (unpaired) electrons. The number of anilines is 1. The van der Waals surface area contributed by atoms with Crippen LogP contribution in [0.25, 0.3) is 0 Å². The summed E-state index contributed by atoms with van der Waals surface area (Å²) in [6, 6.07) is 7.65. The summed E-state index contributed by atoms with van der Waals surface area (Å²) < 4.78 is 0. The molecule has 0 atom stereocenters. The SMILES string of the molecule is Nc1ccc(C2(C(=O)NCCCc3ncc[nH]3)CC2)cc1. The molecule has 1 amide bonds. The number of carbonyl (C=O) groups is 1. The number of nitrogen functional groups attached to an aromatic ring is 1. The van der Waals surface area contributed by atoms with Crippen LogP contribution in [0.3, 0.4) is 0 Å². The van der Waals surface area contributed by atoms with E-state index in [2.05, 4.69) is 15.3 Å². The van der Waals surface area contributed by atoms with Gasteiger partial charge < -0.3 is 16.0 Å². The molecule has 1 aromatic heterocycles. The van der Waals surface area contributed by atoms with Gasteiger partial charge in [-0.15, -0.1) is 0 Å². The lowest BCUT2D eigenvalue weighted by Crippen LogP contribution is -2.35. The first-order chi connectivity index (χ1) is 10.2. The van der Waals surface area contributed by atoms with Crippen LogP contribution in [0.2, 0.25) is 0 Å². The topological polar surface area (TPSA) is 83.8 Å². The molecule has 1 fully saturated rings. The molecule has 3 rings (SSSR count). The molecular weight excluding hydrogens is 264 g/mol. The number of imidazole rings is 1. The predicted octanol–water partition coefficient (Wildman–Crippen LogP) is 1.77. The molecule has 1 saturated carbocycles. The van der Waals surface area contributed by atoms with Gasteiger partial charge in [0, 0.05) is 31.0 Å². The highest BCUT2D eigenvalue weighted by Gasteiger charge is 2.50. The quantitative estimate of drug-likeness (QED) is 0.558. The minimum absolute atomic E-state index is 0.131. The van der Waals surface area contributed by atoms with Crippen molar-refractivity contribution in [1.82, 2.24) is 15.3 Å². The second kappa shape index (κ2) is 5.60. The molecule has 0 bridgehead atoms. The lowest BCUT2D eigenvalue weighted by atomic mass is 9.94. The average Bonchev–Trinajstić information content (AvgIpc) is 3.14. The first-order valence-electron chi connectivity index (χ1n) is 7.33. The predicted molar refractivity (Wildman–Crippen MR) is 81.7 cm³/mol. The van der Waals surface area contributed by atoms with E-state index in [-0.39, 0.29) is 11.3 Å². The third-order valence-corrected chi connectivity index (χ3v) is 4.08. The smallest absolute Gasteiger partial charge is 0.230 e. The number of nitrogens with two attached hydrogens (primary N) is 1. The summed E-state index contributed by atoms with van der Waals surface area (Å²) in [5.41, 5.74) is 7.18. The highest BCUT2D eigenvalue weighted by atomic mass is 16.2. The van der Waals surface area contributed by atoms with E-state index in [0.717, 1.165) is 42.8 Å². The standard InChI is InChI=1S/C16H20N4O/c17-13-5-3-12(4-6-13)16(7-8-16)15(21)20-9-1-2-14-18-10-11-19-14/h3-6,10-11H,1-2,7-9,17H2,(H,18,19)(H,20,21). The third kappa shape index (κ3) is 2.91. The van der Waals surface area contributed by atoms with Gasteiger partial charge in [0.1, 0.15) is 5.82 Å². The van der Waals surface area contributed by atoms with Crippen molar-refractivity contribution in [3.05, 3.63) is 48.0 Å². The van der Waals surface area contributed by atoms with Gasteiger partial charge in [-0.1, -0.05) is 12.1 Å². The van der Waals surface area contributed by atoms with Crippen molar-refractivity contribution >= 4 is 11.6 Å². The average molecular weight is 284 g/mol. The fraction of sp³-hybridized carbons (Fsp3) is 0.375. The molecule has 0 saturated heterocycles. The van der Waals surface area contributed by atoms with Gasteiger partial charge in [0.2, 0.25) is 5.91 Å². The summed E-state index contributed by atoms with van der Waals surface area (Å²) in [6.45, 7) is 0.677. The number of carbonyl (C=O) groups excluding carboxylic acids is 1. The summed E-state index contributed by atoms with van der Waals surface area (Å²) in [7, 11) is 0. The minimum Gasteiger partial charge on any atom is -0.399 e. The van der Waals surface area contributed by atoms with E-state index < -0.39 is 0 Å². The Kier molecular flexibility index (Phi) is 3.64. The Morgan fingerprint density at radius 1 is 1.33 bits per heavy atom. The molecule has 5 heteroatoms. The van der Waals surface area contributed by atoms with Gasteiger partial charge in [-0.3, -0.25) is 4.79 Å². The minimum atomic E-state index is -0.321. The Hall–Kier alpha value is -2.30. The normalized spacial score (nSPS) is 15.6. The first-order valence-corrected chi connectivity index (χ1v) is 7.33. The maximum Gasteiger partial charge on any atom is 0.230 e. The van der Waals surface area contributed by atoms with Crippen LogP contribution in [-0.2, 0) is 16.6 Å². The monoisotopic (exact) mass is 284 g/mol. The van der Waals surface area contributed by atoms with Crippen LogP contribution in [0.4, 0.5) is 5.69 Å². The second-order valence-electron chi connectivity index (χ2n) is 5.60. The molecule has 110 valence electrons. The van der Waals surface area contributed by atoms with Gasteiger partial charge in [0.25, 0.3) is 0 Å². The van der Waals surface area contributed by atoms with Crippen molar-refractivity contribution < 1.29 is 4.79 Å². The van der Waals surface area contributed by atoms with Crippen LogP contribution in [0, 0.1) is 0 Å². The Bertz CT molecular complexity index is 600. The highest BCUT2D eigenvalue weighted by Crippen LogP contribution is 2.48. The maximum atomic E-state index is 12.4. The zero-order valence-corrected chi connectivity index (χ0v) is 11.9. The van der Waals surface area contributed by atoms with Crippen molar-refractivity contribution in [3.63, 3.8) is 0 Å².